The highest BCUT2D eigenvalue weighted by Gasteiger charge is 2.65. The third-order valence-corrected chi connectivity index (χ3v) is 9.32. The molecule has 5 aliphatic rings. The van der Waals surface area contributed by atoms with Gasteiger partial charge in [-0.05, 0) is 66.9 Å². The molecule has 35 heavy (non-hydrogen) atoms. The molecular weight excluding hydrogens is 466 g/mol. The number of pyridine rings is 1. The van der Waals surface area contributed by atoms with E-state index >= 15 is 0 Å². The highest BCUT2D eigenvalue weighted by atomic mass is 35.5. The summed E-state index contributed by atoms with van der Waals surface area (Å²) in [5, 5.41) is 3.47. The zero-order valence-corrected chi connectivity index (χ0v) is 20.6. The lowest BCUT2D eigenvalue weighted by atomic mass is 9.52. The van der Waals surface area contributed by atoms with Gasteiger partial charge < -0.3 is 21.4 Å². The minimum atomic E-state index is -0.474. The fraction of sp³-hybridized carbons (Fsp3) is 0.538. The summed E-state index contributed by atoms with van der Waals surface area (Å²) in [6, 6.07) is 3.58. The Labute approximate surface area is 208 Å². The number of hydrogen-bond donors (Lipinski definition) is 3. The largest absolute Gasteiger partial charge is 0.369 e. The van der Waals surface area contributed by atoms with Crippen molar-refractivity contribution in [1.29, 1.82) is 0 Å². The molecule has 2 aromatic heterocycles. The number of hydrogen-bond acceptors (Lipinski definition) is 4. The molecule has 4 aliphatic carbocycles. The molecule has 9 heteroatoms. The van der Waals surface area contributed by atoms with Gasteiger partial charge in [0.2, 0.25) is 11.8 Å². The summed E-state index contributed by atoms with van der Waals surface area (Å²) >= 11 is 6.55. The number of halogens is 1. The predicted molar refractivity (Wildman–Crippen MR) is 131 cm³/mol. The highest BCUT2D eigenvalue weighted by molar-refractivity contribution is 6.33. The van der Waals surface area contributed by atoms with Crippen molar-refractivity contribution in [3.8, 4) is 11.1 Å². The summed E-state index contributed by atoms with van der Waals surface area (Å²) in [5.74, 6) is 1.34. The maximum Gasteiger partial charge on any atom is 0.265 e. The summed E-state index contributed by atoms with van der Waals surface area (Å²) in [7, 11) is 0. The Bertz CT molecular complexity index is 1270. The average molecular weight is 496 g/mol. The summed E-state index contributed by atoms with van der Waals surface area (Å²) < 4.78 is 1.98. The van der Waals surface area contributed by atoms with E-state index in [0.29, 0.717) is 46.8 Å². The number of anilines is 1. The van der Waals surface area contributed by atoms with E-state index in [1.54, 1.807) is 18.3 Å². The van der Waals surface area contributed by atoms with Gasteiger partial charge in [-0.15, -0.1) is 0 Å². The van der Waals surface area contributed by atoms with Gasteiger partial charge in [-0.1, -0.05) is 25.4 Å². The van der Waals surface area contributed by atoms with Gasteiger partial charge in [-0.25, -0.2) is 4.98 Å². The van der Waals surface area contributed by atoms with Crippen LogP contribution in [0.3, 0.4) is 0 Å². The van der Waals surface area contributed by atoms with Crippen LogP contribution in [0.15, 0.2) is 18.3 Å². The zero-order valence-electron chi connectivity index (χ0n) is 19.9. The second-order valence-corrected chi connectivity index (χ2v) is 12.1. The van der Waals surface area contributed by atoms with E-state index in [9.17, 15) is 14.4 Å². The highest BCUT2D eigenvalue weighted by Crippen LogP contribution is 2.68. The number of nitrogens with one attached hydrogen (secondary N) is 1. The third kappa shape index (κ3) is 3.40. The molecular formula is C26H30ClN5O3. The van der Waals surface area contributed by atoms with E-state index in [-0.39, 0.29) is 29.1 Å². The minimum absolute atomic E-state index is 0.000954. The number of primary amides is 2. The van der Waals surface area contributed by atoms with Crippen molar-refractivity contribution in [1.82, 2.24) is 9.55 Å². The maximum absolute atomic E-state index is 13.3. The molecule has 3 unspecified atom stereocenters. The SMILES string of the molecule is CC1(C)Cc2c(-c3cc(NC(=O)[C@H]4CC5[C@H]6CC(C(N)=O)C[C@@H]5C64)ncc3Cl)cc(C(N)=O)n2C1. The van der Waals surface area contributed by atoms with Crippen molar-refractivity contribution in [3.63, 3.8) is 0 Å². The number of carbonyl (C=O) groups is 3. The molecule has 4 fully saturated rings. The van der Waals surface area contributed by atoms with Crippen molar-refractivity contribution in [2.75, 3.05) is 5.32 Å². The van der Waals surface area contributed by atoms with Gasteiger partial charge in [0.05, 0.1) is 5.02 Å². The topological polar surface area (TPSA) is 133 Å². The van der Waals surface area contributed by atoms with Crippen molar-refractivity contribution in [2.24, 2.45) is 52.4 Å². The number of amides is 3. The number of nitrogens with two attached hydrogens (primary N) is 2. The lowest BCUT2D eigenvalue weighted by molar-refractivity contribution is -0.132. The van der Waals surface area contributed by atoms with Gasteiger partial charge in [0, 0.05) is 41.4 Å². The summed E-state index contributed by atoms with van der Waals surface area (Å²) in [6.45, 7) is 5.01. The summed E-state index contributed by atoms with van der Waals surface area (Å²) in [6.07, 6.45) is 4.82. The Kier molecular flexibility index (Phi) is 4.88. The lowest BCUT2D eigenvalue weighted by Crippen LogP contribution is -2.50. The molecule has 3 amide bonds. The number of carbonyl (C=O) groups excluding carboxylic acids is 3. The first-order chi connectivity index (χ1) is 16.5. The summed E-state index contributed by atoms with van der Waals surface area (Å²) in [5.41, 5.74) is 14.3. The van der Waals surface area contributed by atoms with Crippen LogP contribution in [-0.4, -0.2) is 27.3 Å². The molecule has 0 spiro atoms. The standard InChI is InChI=1S/C26H30ClN5O3/c1-26(2)8-20-14(6-19(24(29)34)32(20)10-26)13-7-21(30-9-18(13)27)31-25(35)17-5-12-15-3-11(23(28)33)4-16(12)22(15)17/h6-7,9,11-12,15-17,22H,3-5,8,10H2,1-2H3,(H2,28,33)(H2,29,34)(H,30,31,35)/t11?,12?,15-,16+,17-,22?/m0/s1. The number of rotatable bonds is 5. The molecule has 2 aromatic rings. The normalized spacial score (nSPS) is 31.5. The molecule has 3 heterocycles. The van der Waals surface area contributed by atoms with Gasteiger partial charge in [0.15, 0.2) is 0 Å². The van der Waals surface area contributed by atoms with Crippen LogP contribution >= 0.6 is 11.6 Å². The molecule has 4 saturated carbocycles. The van der Waals surface area contributed by atoms with Crippen LogP contribution in [0.5, 0.6) is 0 Å². The maximum atomic E-state index is 13.3. The first kappa shape index (κ1) is 22.6. The van der Waals surface area contributed by atoms with Crippen LogP contribution in [0.1, 0.15) is 49.3 Å². The monoisotopic (exact) mass is 495 g/mol. The van der Waals surface area contributed by atoms with Crippen LogP contribution in [-0.2, 0) is 22.6 Å². The zero-order chi connectivity index (χ0) is 24.8. The Morgan fingerprint density at radius 3 is 2.46 bits per heavy atom. The second kappa shape index (κ2) is 7.56. The quantitative estimate of drug-likeness (QED) is 0.587. The number of nitrogens with zero attached hydrogens (tertiary/aromatic N) is 2. The van der Waals surface area contributed by atoms with Crippen molar-refractivity contribution >= 4 is 35.1 Å². The Morgan fingerprint density at radius 2 is 1.80 bits per heavy atom. The van der Waals surface area contributed by atoms with Crippen LogP contribution in [0.2, 0.25) is 5.02 Å². The van der Waals surface area contributed by atoms with Crippen molar-refractivity contribution < 1.29 is 14.4 Å². The van der Waals surface area contributed by atoms with Crippen molar-refractivity contribution in [3.05, 3.63) is 34.7 Å². The smallest absolute Gasteiger partial charge is 0.265 e. The fourth-order valence-electron chi connectivity index (χ4n) is 7.66. The molecule has 0 aromatic carbocycles. The fourth-order valence-corrected chi connectivity index (χ4v) is 7.86. The second-order valence-electron chi connectivity index (χ2n) is 11.7. The van der Waals surface area contributed by atoms with Crippen LogP contribution in [0.4, 0.5) is 5.82 Å². The van der Waals surface area contributed by atoms with Crippen LogP contribution < -0.4 is 16.8 Å². The first-order valence-corrected chi connectivity index (χ1v) is 12.7. The van der Waals surface area contributed by atoms with Crippen LogP contribution in [0.25, 0.3) is 11.1 Å². The van der Waals surface area contributed by atoms with E-state index < -0.39 is 5.91 Å². The summed E-state index contributed by atoms with van der Waals surface area (Å²) in [4.78, 5) is 41.4. The van der Waals surface area contributed by atoms with E-state index in [0.717, 1.165) is 42.5 Å². The molecule has 0 saturated heterocycles. The number of aromatic nitrogens is 2. The molecule has 0 radical (unpaired) electrons. The third-order valence-electron chi connectivity index (χ3n) is 9.02. The van der Waals surface area contributed by atoms with Gasteiger partial charge in [0.1, 0.15) is 11.5 Å². The molecule has 8 nitrogen and oxygen atoms in total. The molecule has 5 N–H and O–H groups in total. The van der Waals surface area contributed by atoms with E-state index in [1.165, 1.54) is 0 Å². The molecule has 4 bridgehead atoms. The molecule has 1 aliphatic heterocycles. The van der Waals surface area contributed by atoms with Gasteiger partial charge in [0.25, 0.3) is 5.91 Å². The van der Waals surface area contributed by atoms with Gasteiger partial charge >= 0.3 is 0 Å². The van der Waals surface area contributed by atoms with Crippen LogP contribution in [0, 0.1) is 40.9 Å². The van der Waals surface area contributed by atoms with Gasteiger partial charge in [-0.3, -0.25) is 14.4 Å². The first-order valence-electron chi connectivity index (χ1n) is 12.3. The Morgan fingerprint density at radius 1 is 1.09 bits per heavy atom. The van der Waals surface area contributed by atoms with Crippen molar-refractivity contribution in [2.45, 2.75) is 46.1 Å². The van der Waals surface area contributed by atoms with E-state index in [1.807, 2.05) is 4.57 Å². The average Bonchev–Trinajstić information content (AvgIpc) is 3.53. The van der Waals surface area contributed by atoms with E-state index in [2.05, 4.69) is 24.1 Å². The predicted octanol–water partition coefficient (Wildman–Crippen LogP) is 3.22. The Balaban J connectivity index is 1.24. The lowest BCUT2D eigenvalue weighted by Gasteiger charge is -2.52. The molecule has 6 atom stereocenters. The van der Waals surface area contributed by atoms with E-state index in [4.69, 9.17) is 23.1 Å². The Hall–Kier alpha value is -2.87. The minimum Gasteiger partial charge on any atom is -0.369 e. The molecule has 184 valence electrons. The molecule has 7 rings (SSSR count). The van der Waals surface area contributed by atoms with Gasteiger partial charge in [-0.2, -0.15) is 0 Å². The number of fused-ring (bicyclic) bond motifs is 2.